The third-order valence-electron chi connectivity index (χ3n) is 3.25. The van der Waals surface area contributed by atoms with Gasteiger partial charge in [0.1, 0.15) is 5.83 Å². The van der Waals surface area contributed by atoms with E-state index < -0.39 is 0 Å². The molecule has 0 nitrogen and oxygen atoms in total. The summed E-state index contributed by atoms with van der Waals surface area (Å²) in [7, 11) is 0. The summed E-state index contributed by atoms with van der Waals surface area (Å²) in [5.41, 5.74) is 0. The van der Waals surface area contributed by atoms with Crippen molar-refractivity contribution in [3.63, 3.8) is 0 Å². The van der Waals surface area contributed by atoms with Gasteiger partial charge in [0.25, 0.3) is 0 Å². The van der Waals surface area contributed by atoms with Crippen LogP contribution in [-0.4, -0.2) is 0 Å². The van der Waals surface area contributed by atoms with E-state index in [9.17, 15) is 4.39 Å². The van der Waals surface area contributed by atoms with Crippen molar-refractivity contribution in [3.05, 3.63) is 24.1 Å². The maximum atomic E-state index is 13.2. The summed E-state index contributed by atoms with van der Waals surface area (Å²) in [5.74, 6) is 1.93. The highest BCUT2D eigenvalue weighted by Crippen LogP contribution is 2.51. The molecule has 2 unspecified atom stereocenters. The molecule has 3 rings (SSSR count). The first-order valence-corrected chi connectivity index (χ1v) is 4.25. The van der Waals surface area contributed by atoms with E-state index in [1.165, 1.54) is 0 Å². The van der Waals surface area contributed by atoms with Gasteiger partial charge in [-0.25, -0.2) is 4.39 Å². The van der Waals surface area contributed by atoms with Crippen LogP contribution in [0.15, 0.2) is 24.1 Å². The van der Waals surface area contributed by atoms with Crippen LogP contribution in [0.4, 0.5) is 4.39 Å². The molecule has 1 saturated carbocycles. The summed E-state index contributed by atoms with van der Waals surface area (Å²) in [4.78, 5) is 0. The Bertz CT molecular complexity index is 217. The standard InChI is InChI=1S/C10H13F/c1-6-8-4-3-5-9(11)10(6)7(8)2/h3-8,10H,1-2H3. The normalized spacial score (nSPS) is 47.7. The summed E-state index contributed by atoms with van der Waals surface area (Å²) < 4.78 is 13.2. The van der Waals surface area contributed by atoms with Gasteiger partial charge in [-0.3, -0.25) is 0 Å². The smallest absolute Gasteiger partial charge is 0.104 e. The molecule has 3 aliphatic carbocycles. The molecule has 1 heteroatoms. The van der Waals surface area contributed by atoms with Gasteiger partial charge in [0.05, 0.1) is 0 Å². The van der Waals surface area contributed by atoms with Crippen LogP contribution in [0.2, 0.25) is 0 Å². The topological polar surface area (TPSA) is 0 Å². The minimum Gasteiger partial charge on any atom is -0.212 e. The number of halogens is 1. The lowest BCUT2D eigenvalue weighted by atomic mass is 9.58. The van der Waals surface area contributed by atoms with Gasteiger partial charge in [-0.05, 0) is 23.8 Å². The van der Waals surface area contributed by atoms with Crippen LogP contribution in [0, 0.1) is 23.7 Å². The van der Waals surface area contributed by atoms with E-state index in [0.717, 1.165) is 0 Å². The SMILES string of the molecule is CC1C2C=CC=C(F)C1C2C. The zero-order valence-corrected chi connectivity index (χ0v) is 6.92. The minimum atomic E-state index is 0.0787. The molecule has 0 aromatic carbocycles. The van der Waals surface area contributed by atoms with Crippen molar-refractivity contribution >= 4 is 0 Å². The van der Waals surface area contributed by atoms with Gasteiger partial charge in [-0.2, -0.15) is 0 Å². The van der Waals surface area contributed by atoms with Crippen molar-refractivity contribution in [1.82, 2.24) is 0 Å². The Morgan fingerprint density at radius 3 is 2.55 bits per heavy atom. The van der Waals surface area contributed by atoms with Crippen molar-refractivity contribution < 1.29 is 4.39 Å². The summed E-state index contributed by atoms with van der Waals surface area (Å²) in [6.07, 6.45) is 5.61. The molecule has 0 amide bonds. The molecule has 0 aliphatic heterocycles. The molecule has 1 fully saturated rings. The van der Waals surface area contributed by atoms with E-state index in [1.54, 1.807) is 6.08 Å². The van der Waals surface area contributed by atoms with E-state index in [4.69, 9.17) is 0 Å². The predicted molar refractivity (Wildman–Crippen MR) is 43.6 cm³/mol. The molecular formula is C10H13F. The van der Waals surface area contributed by atoms with Crippen LogP contribution < -0.4 is 0 Å². The third kappa shape index (κ3) is 0.800. The molecule has 3 aliphatic rings. The zero-order chi connectivity index (χ0) is 8.01. The highest BCUT2D eigenvalue weighted by molar-refractivity contribution is 5.23. The first-order valence-electron chi connectivity index (χ1n) is 4.25. The molecule has 0 spiro atoms. The van der Waals surface area contributed by atoms with Crippen molar-refractivity contribution in [2.45, 2.75) is 13.8 Å². The molecule has 0 saturated heterocycles. The Labute approximate surface area is 66.8 Å². The van der Waals surface area contributed by atoms with Crippen LogP contribution >= 0.6 is 0 Å². The van der Waals surface area contributed by atoms with E-state index in [-0.39, 0.29) is 11.7 Å². The molecule has 0 heterocycles. The first kappa shape index (κ1) is 7.08. The van der Waals surface area contributed by atoms with Crippen LogP contribution in [-0.2, 0) is 0 Å². The lowest BCUT2D eigenvalue weighted by Gasteiger charge is -2.46. The Kier molecular flexibility index (Phi) is 1.41. The second-order valence-corrected chi connectivity index (χ2v) is 3.76. The Balaban J connectivity index is 2.32. The second-order valence-electron chi connectivity index (χ2n) is 3.76. The van der Waals surface area contributed by atoms with Crippen LogP contribution in [0.3, 0.4) is 0 Å². The predicted octanol–water partition coefficient (Wildman–Crippen LogP) is 2.93. The summed E-state index contributed by atoms with van der Waals surface area (Å²) in [6, 6.07) is 0. The molecule has 0 aromatic rings. The number of rotatable bonds is 0. The average Bonchev–Trinajstić information content (AvgIpc) is 2.19. The average molecular weight is 152 g/mol. The van der Waals surface area contributed by atoms with Crippen molar-refractivity contribution in [2.24, 2.45) is 23.7 Å². The highest BCUT2D eigenvalue weighted by Gasteiger charge is 2.46. The molecule has 0 N–H and O–H groups in total. The molecule has 2 atom stereocenters. The van der Waals surface area contributed by atoms with Gasteiger partial charge in [0, 0.05) is 5.92 Å². The first-order chi connectivity index (χ1) is 5.22. The maximum absolute atomic E-state index is 13.2. The van der Waals surface area contributed by atoms with E-state index in [2.05, 4.69) is 19.9 Å². The second kappa shape index (κ2) is 2.20. The van der Waals surface area contributed by atoms with E-state index in [0.29, 0.717) is 17.8 Å². The van der Waals surface area contributed by atoms with Gasteiger partial charge in [0.2, 0.25) is 0 Å². The van der Waals surface area contributed by atoms with E-state index >= 15 is 0 Å². The fraction of sp³-hybridized carbons (Fsp3) is 0.600. The van der Waals surface area contributed by atoms with Crippen molar-refractivity contribution in [3.8, 4) is 0 Å². The Morgan fingerprint density at radius 1 is 1.27 bits per heavy atom. The molecule has 0 aromatic heterocycles. The largest absolute Gasteiger partial charge is 0.212 e. The van der Waals surface area contributed by atoms with Crippen LogP contribution in [0.5, 0.6) is 0 Å². The summed E-state index contributed by atoms with van der Waals surface area (Å²) in [5, 5.41) is 0. The number of fused-ring (bicyclic) bond motifs is 1. The Morgan fingerprint density at radius 2 is 1.91 bits per heavy atom. The molecule has 11 heavy (non-hydrogen) atoms. The summed E-state index contributed by atoms with van der Waals surface area (Å²) in [6.45, 7) is 4.27. The van der Waals surface area contributed by atoms with Gasteiger partial charge in [-0.15, -0.1) is 0 Å². The van der Waals surface area contributed by atoms with Crippen molar-refractivity contribution in [2.75, 3.05) is 0 Å². The zero-order valence-electron chi connectivity index (χ0n) is 6.92. The molecule has 0 radical (unpaired) electrons. The van der Waals surface area contributed by atoms with Gasteiger partial charge in [-0.1, -0.05) is 26.0 Å². The highest BCUT2D eigenvalue weighted by atomic mass is 19.1. The Hall–Kier alpha value is -0.590. The van der Waals surface area contributed by atoms with Gasteiger partial charge in [0.15, 0.2) is 0 Å². The number of hydrogen-bond donors (Lipinski definition) is 0. The van der Waals surface area contributed by atoms with Crippen molar-refractivity contribution in [1.29, 1.82) is 0 Å². The summed E-state index contributed by atoms with van der Waals surface area (Å²) >= 11 is 0. The fourth-order valence-corrected chi connectivity index (χ4v) is 2.53. The monoisotopic (exact) mass is 152 g/mol. The third-order valence-corrected chi connectivity index (χ3v) is 3.25. The van der Waals surface area contributed by atoms with Crippen LogP contribution in [0.25, 0.3) is 0 Å². The number of allylic oxidation sites excluding steroid dienone is 4. The van der Waals surface area contributed by atoms with Gasteiger partial charge < -0.3 is 0 Å². The molecular weight excluding hydrogens is 139 g/mol. The fourth-order valence-electron chi connectivity index (χ4n) is 2.53. The molecule has 60 valence electrons. The van der Waals surface area contributed by atoms with Gasteiger partial charge >= 0.3 is 0 Å². The quantitative estimate of drug-likeness (QED) is 0.500. The maximum Gasteiger partial charge on any atom is 0.104 e. The molecule has 2 bridgehead atoms. The lowest BCUT2D eigenvalue weighted by molar-refractivity contribution is 0.0510. The lowest BCUT2D eigenvalue weighted by Crippen LogP contribution is -2.42. The number of hydrogen-bond acceptors (Lipinski definition) is 0. The van der Waals surface area contributed by atoms with E-state index in [1.807, 2.05) is 6.08 Å². The van der Waals surface area contributed by atoms with Crippen LogP contribution in [0.1, 0.15) is 13.8 Å². The minimum absolute atomic E-state index is 0.0787.